The summed E-state index contributed by atoms with van der Waals surface area (Å²) < 4.78 is 36.3. The van der Waals surface area contributed by atoms with Crippen LogP contribution in [0.2, 0.25) is 0 Å². The number of hydrogen-bond acceptors (Lipinski definition) is 3. The molecule has 0 fully saturated rings. The van der Waals surface area contributed by atoms with Crippen molar-refractivity contribution in [2.45, 2.75) is 12.6 Å². The van der Waals surface area contributed by atoms with E-state index >= 15 is 0 Å². The van der Waals surface area contributed by atoms with Gasteiger partial charge in [0.2, 0.25) is 5.91 Å². The first-order valence-corrected chi connectivity index (χ1v) is 6.54. The second-order valence-corrected chi connectivity index (χ2v) is 5.00. The van der Waals surface area contributed by atoms with Crippen molar-refractivity contribution in [3.63, 3.8) is 0 Å². The number of anilines is 1. The van der Waals surface area contributed by atoms with Crippen molar-refractivity contribution in [2.75, 3.05) is 25.5 Å². The van der Waals surface area contributed by atoms with Gasteiger partial charge in [-0.25, -0.2) is 0 Å². The van der Waals surface area contributed by atoms with Crippen molar-refractivity contribution in [1.29, 1.82) is 0 Å². The van der Waals surface area contributed by atoms with Gasteiger partial charge in [-0.1, -0.05) is 24.4 Å². The van der Waals surface area contributed by atoms with E-state index in [1.54, 1.807) is 24.3 Å². The minimum absolute atomic E-state index is 0.135. The number of amides is 1. The molecule has 0 saturated carbocycles. The van der Waals surface area contributed by atoms with Gasteiger partial charge >= 0.3 is 6.18 Å². The van der Waals surface area contributed by atoms with Gasteiger partial charge in [0.25, 0.3) is 0 Å². The molecule has 0 bridgehead atoms. The fourth-order valence-electron chi connectivity index (χ4n) is 1.64. The zero-order valence-electron chi connectivity index (χ0n) is 11.4. The molecular weight excluding hydrogens is 303 g/mol. The third-order valence-corrected chi connectivity index (χ3v) is 2.88. The van der Waals surface area contributed by atoms with Gasteiger partial charge in [0.15, 0.2) is 0 Å². The molecule has 1 aromatic carbocycles. The Kier molecular flexibility index (Phi) is 6.10. The third-order valence-electron chi connectivity index (χ3n) is 2.66. The summed E-state index contributed by atoms with van der Waals surface area (Å²) in [4.78, 5) is 13.2. The zero-order valence-corrected chi connectivity index (χ0v) is 12.2. The normalized spacial score (nSPS) is 11.5. The molecule has 1 amide bonds. The number of carbonyl (C=O) groups is 1. The van der Waals surface area contributed by atoms with Crippen LogP contribution >= 0.6 is 12.2 Å². The topological polar surface area (TPSA) is 58.4 Å². The maximum absolute atomic E-state index is 12.1. The maximum Gasteiger partial charge on any atom is 0.390 e. The van der Waals surface area contributed by atoms with Crippen LogP contribution in [0.15, 0.2) is 24.3 Å². The van der Waals surface area contributed by atoms with Crippen molar-refractivity contribution in [2.24, 2.45) is 5.73 Å². The SMILES string of the molecule is CN(CCC(F)(F)F)CC(=O)Nc1ccccc1C(N)=S. The van der Waals surface area contributed by atoms with Crippen molar-refractivity contribution in [1.82, 2.24) is 4.90 Å². The molecule has 0 aliphatic carbocycles. The highest BCUT2D eigenvalue weighted by Gasteiger charge is 2.27. The molecule has 0 atom stereocenters. The monoisotopic (exact) mass is 319 g/mol. The average molecular weight is 319 g/mol. The van der Waals surface area contributed by atoms with E-state index in [0.717, 1.165) is 0 Å². The van der Waals surface area contributed by atoms with E-state index in [1.165, 1.54) is 11.9 Å². The van der Waals surface area contributed by atoms with Gasteiger partial charge in [-0.2, -0.15) is 13.2 Å². The van der Waals surface area contributed by atoms with Crippen molar-refractivity contribution >= 4 is 28.8 Å². The number of benzene rings is 1. The molecule has 0 saturated heterocycles. The van der Waals surface area contributed by atoms with Crippen molar-refractivity contribution in [3.8, 4) is 0 Å². The van der Waals surface area contributed by atoms with E-state index in [4.69, 9.17) is 18.0 Å². The molecule has 0 radical (unpaired) electrons. The Morgan fingerprint density at radius 2 is 2.00 bits per heavy atom. The van der Waals surface area contributed by atoms with Gasteiger partial charge < -0.3 is 11.1 Å². The summed E-state index contributed by atoms with van der Waals surface area (Å²) in [7, 11) is 1.45. The standard InChI is InChI=1S/C13H16F3N3OS/c1-19(7-6-13(14,15)16)8-11(20)18-10-5-3-2-4-9(10)12(17)21/h2-5H,6-8H2,1H3,(H2,17,21)(H,18,20). The van der Waals surface area contributed by atoms with Crippen LogP contribution in [-0.4, -0.2) is 42.1 Å². The van der Waals surface area contributed by atoms with Crippen molar-refractivity contribution < 1.29 is 18.0 Å². The Morgan fingerprint density at radius 1 is 1.38 bits per heavy atom. The smallest absolute Gasteiger partial charge is 0.389 e. The fraction of sp³-hybridized carbons (Fsp3) is 0.385. The lowest BCUT2D eigenvalue weighted by Gasteiger charge is -2.18. The predicted molar refractivity (Wildman–Crippen MR) is 79.1 cm³/mol. The molecule has 8 heteroatoms. The number of halogens is 3. The van der Waals surface area contributed by atoms with E-state index < -0.39 is 18.5 Å². The second kappa shape index (κ2) is 7.37. The number of nitrogens with two attached hydrogens (primary N) is 1. The quantitative estimate of drug-likeness (QED) is 0.789. The molecule has 3 N–H and O–H groups in total. The molecule has 1 rings (SSSR count). The van der Waals surface area contributed by atoms with Gasteiger partial charge in [0, 0.05) is 12.1 Å². The number of nitrogens with zero attached hydrogens (tertiary/aromatic N) is 1. The maximum atomic E-state index is 12.1. The molecule has 1 aromatic rings. The highest BCUT2D eigenvalue weighted by atomic mass is 32.1. The molecule has 0 heterocycles. The molecular formula is C13H16F3N3OS. The van der Waals surface area contributed by atoms with Crippen LogP contribution < -0.4 is 11.1 Å². The van der Waals surface area contributed by atoms with Gasteiger partial charge in [-0.15, -0.1) is 0 Å². The number of carbonyl (C=O) groups excluding carboxylic acids is 1. The fourth-order valence-corrected chi connectivity index (χ4v) is 1.82. The Bertz CT molecular complexity index is 520. The van der Waals surface area contributed by atoms with Gasteiger partial charge in [-0.3, -0.25) is 9.69 Å². The first-order valence-electron chi connectivity index (χ1n) is 6.13. The Hall–Kier alpha value is -1.67. The molecule has 0 aliphatic rings. The van der Waals surface area contributed by atoms with E-state index in [1.807, 2.05) is 0 Å². The molecule has 0 aromatic heterocycles. The van der Waals surface area contributed by atoms with Crippen molar-refractivity contribution in [3.05, 3.63) is 29.8 Å². The summed E-state index contributed by atoms with van der Waals surface area (Å²) >= 11 is 4.86. The highest BCUT2D eigenvalue weighted by molar-refractivity contribution is 7.80. The summed E-state index contributed by atoms with van der Waals surface area (Å²) in [5.41, 5.74) is 6.49. The molecule has 4 nitrogen and oxygen atoms in total. The van der Waals surface area contributed by atoms with Crippen LogP contribution in [0, 0.1) is 0 Å². The number of para-hydroxylation sites is 1. The highest BCUT2D eigenvalue weighted by Crippen LogP contribution is 2.19. The number of alkyl halides is 3. The lowest BCUT2D eigenvalue weighted by Crippen LogP contribution is -2.33. The van der Waals surface area contributed by atoms with Crippen LogP contribution in [0.5, 0.6) is 0 Å². The van der Waals surface area contributed by atoms with Crippen LogP contribution in [0.4, 0.5) is 18.9 Å². The minimum atomic E-state index is -4.23. The van der Waals surface area contributed by atoms with Crippen LogP contribution in [0.3, 0.4) is 0 Å². The number of hydrogen-bond donors (Lipinski definition) is 2. The summed E-state index contributed by atoms with van der Waals surface area (Å²) in [5.74, 6) is -0.427. The number of thiocarbonyl (C=S) groups is 1. The molecule has 21 heavy (non-hydrogen) atoms. The number of nitrogens with one attached hydrogen (secondary N) is 1. The van der Waals surface area contributed by atoms with Gasteiger partial charge in [0.05, 0.1) is 18.7 Å². The van der Waals surface area contributed by atoms with E-state index in [0.29, 0.717) is 11.3 Å². The molecule has 0 aliphatic heterocycles. The van der Waals surface area contributed by atoms with Crippen LogP contribution in [0.1, 0.15) is 12.0 Å². The summed E-state index contributed by atoms with van der Waals surface area (Å²) in [6, 6.07) is 6.71. The number of likely N-dealkylation sites (N-methyl/N-ethyl adjacent to an activating group) is 1. The Labute approximate surface area is 126 Å². The largest absolute Gasteiger partial charge is 0.390 e. The third kappa shape index (κ3) is 6.54. The summed E-state index contributed by atoms with van der Waals surface area (Å²) in [5, 5.41) is 2.59. The van der Waals surface area contributed by atoms with E-state index in [9.17, 15) is 18.0 Å². The second-order valence-electron chi connectivity index (χ2n) is 4.56. The van der Waals surface area contributed by atoms with E-state index in [2.05, 4.69) is 5.32 Å². The number of rotatable bonds is 6. The van der Waals surface area contributed by atoms with E-state index in [-0.39, 0.29) is 18.1 Å². The van der Waals surface area contributed by atoms with Crippen LogP contribution in [0.25, 0.3) is 0 Å². The Morgan fingerprint density at radius 3 is 2.57 bits per heavy atom. The minimum Gasteiger partial charge on any atom is -0.389 e. The molecule has 0 spiro atoms. The first-order chi connectivity index (χ1) is 9.69. The molecule has 116 valence electrons. The van der Waals surface area contributed by atoms with Gasteiger partial charge in [-0.05, 0) is 19.2 Å². The Balaban J connectivity index is 2.56. The lowest BCUT2D eigenvalue weighted by atomic mass is 10.2. The zero-order chi connectivity index (χ0) is 16.0. The van der Waals surface area contributed by atoms with Crippen LogP contribution in [-0.2, 0) is 4.79 Å². The van der Waals surface area contributed by atoms with Gasteiger partial charge in [0.1, 0.15) is 4.99 Å². The first kappa shape index (κ1) is 17.4. The summed E-state index contributed by atoms with van der Waals surface area (Å²) in [6.07, 6.45) is -5.19. The molecule has 0 unspecified atom stereocenters. The summed E-state index contributed by atoms with van der Waals surface area (Å²) in [6.45, 7) is -0.393. The average Bonchev–Trinajstić information content (AvgIpc) is 2.35. The predicted octanol–water partition coefficient (Wildman–Crippen LogP) is 2.14. The lowest BCUT2D eigenvalue weighted by molar-refractivity contribution is -0.138.